The van der Waals surface area contributed by atoms with Crippen LogP contribution in [0.4, 0.5) is 0 Å². The number of nitrogens with one attached hydrogen (secondary N) is 1. The zero-order chi connectivity index (χ0) is 30.6. The van der Waals surface area contributed by atoms with Gasteiger partial charge in [0.2, 0.25) is 11.7 Å². The second-order valence-electron chi connectivity index (χ2n) is 10.5. The number of hydrogen-bond acceptors (Lipinski definition) is 8. The third kappa shape index (κ3) is 6.23. The number of carbonyl (C=O) groups is 1. The lowest BCUT2D eigenvalue weighted by atomic mass is 10.0. The Labute approximate surface area is 261 Å². The molecule has 10 nitrogen and oxygen atoms in total. The number of halogens is 1. The molecule has 0 bridgehead atoms. The summed E-state index contributed by atoms with van der Waals surface area (Å²) in [5.74, 6) is 1.54. The summed E-state index contributed by atoms with van der Waals surface area (Å²) in [6.07, 6.45) is 3.23. The summed E-state index contributed by atoms with van der Waals surface area (Å²) in [5, 5.41) is 24.5. The normalized spacial score (nSPS) is 11.2. The van der Waals surface area contributed by atoms with E-state index in [1.54, 1.807) is 18.2 Å². The highest BCUT2D eigenvalue weighted by Crippen LogP contribution is 2.38. The number of aromatic amines is 1. The molecule has 2 N–H and O–H groups in total. The Morgan fingerprint density at radius 2 is 1.84 bits per heavy atom. The first-order valence-corrected chi connectivity index (χ1v) is 15.1. The fourth-order valence-electron chi connectivity index (χ4n) is 5.01. The van der Waals surface area contributed by atoms with E-state index in [4.69, 9.17) is 19.1 Å². The predicted molar refractivity (Wildman–Crippen MR) is 168 cm³/mol. The number of aryl methyl sites for hydroxylation is 2. The highest BCUT2D eigenvalue weighted by atomic mass is 79.9. The second kappa shape index (κ2) is 12.8. The predicted octanol–water partition coefficient (Wildman–Crippen LogP) is 7.35. The van der Waals surface area contributed by atoms with Crippen LogP contribution in [0.1, 0.15) is 58.3 Å². The number of carboxylic acid groups (broad SMARTS) is 1. The summed E-state index contributed by atoms with van der Waals surface area (Å²) in [6, 6.07) is 20.6. The first-order chi connectivity index (χ1) is 21.4. The van der Waals surface area contributed by atoms with Gasteiger partial charge in [-0.2, -0.15) is 10.2 Å². The smallest absolute Gasteiger partial charge is 0.335 e. The van der Waals surface area contributed by atoms with E-state index in [1.807, 2.05) is 55.5 Å². The van der Waals surface area contributed by atoms with E-state index >= 15 is 0 Å². The number of unbranched alkanes of at least 4 members (excludes halogenated alkanes) is 1. The van der Waals surface area contributed by atoms with Crippen LogP contribution < -0.4 is 4.74 Å². The SMILES string of the molecule is CCCCc1nc(C)c(Cc2cccc(C(=O)O)c2)c(OCc2ccc3oc(-c4ccc(-c5nn[nH]n5)cc4)c(Br)c3c2)n1. The number of aromatic nitrogens is 6. The van der Waals surface area contributed by atoms with Crippen molar-refractivity contribution in [3.8, 4) is 28.6 Å². The van der Waals surface area contributed by atoms with Gasteiger partial charge in [-0.05, 0) is 69.9 Å². The van der Waals surface area contributed by atoms with Crippen molar-refractivity contribution in [2.45, 2.75) is 46.1 Å². The minimum Gasteiger partial charge on any atom is -0.478 e. The molecule has 0 saturated carbocycles. The first kappa shape index (κ1) is 29.2. The number of nitrogens with zero attached hydrogens (tertiary/aromatic N) is 5. The molecule has 0 fully saturated rings. The lowest BCUT2D eigenvalue weighted by Gasteiger charge is -2.15. The number of carboxylic acids is 1. The van der Waals surface area contributed by atoms with Gasteiger partial charge in [0.15, 0.2) is 0 Å². The van der Waals surface area contributed by atoms with Crippen molar-refractivity contribution in [2.24, 2.45) is 0 Å². The topological polar surface area (TPSA) is 140 Å². The maximum Gasteiger partial charge on any atom is 0.335 e. The molecule has 6 rings (SSSR count). The van der Waals surface area contributed by atoms with Crippen LogP contribution in [0.2, 0.25) is 0 Å². The van der Waals surface area contributed by atoms with Crippen LogP contribution in [0, 0.1) is 6.92 Å². The zero-order valence-electron chi connectivity index (χ0n) is 24.2. The molecule has 0 spiro atoms. The highest BCUT2D eigenvalue weighted by molar-refractivity contribution is 9.10. The van der Waals surface area contributed by atoms with E-state index in [0.29, 0.717) is 18.1 Å². The minimum absolute atomic E-state index is 0.240. The van der Waals surface area contributed by atoms with Crippen molar-refractivity contribution in [1.29, 1.82) is 0 Å². The standard InChI is InChI=1S/C33H29BrN6O4/c1-3-4-8-28-35-19(2)25(16-20-6-5-7-24(15-20)33(41)42)32(36-28)43-18-21-9-14-27-26(17-21)29(34)30(44-27)22-10-12-23(13-11-22)31-37-39-40-38-31/h5-7,9-15,17H,3-4,8,16,18H2,1-2H3,(H,41,42)(H,37,38,39,40). The molecule has 0 saturated heterocycles. The Morgan fingerprint density at radius 3 is 2.59 bits per heavy atom. The molecule has 0 radical (unpaired) electrons. The molecule has 0 aliphatic heterocycles. The van der Waals surface area contributed by atoms with Gasteiger partial charge in [0.05, 0.1) is 10.0 Å². The number of rotatable bonds is 11. The average molecular weight is 654 g/mol. The Hall–Kier alpha value is -4.90. The third-order valence-corrected chi connectivity index (χ3v) is 8.14. The molecule has 0 amide bonds. The van der Waals surface area contributed by atoms with Gasteiger partial charge < -0.3 is 14.3 Å². The van der Waals surface area contributed by atoms with Crippen LogP contribution >= 0.6 is 15.9 Å². The number of hydrogen-bond donors (Lipinski definition) is 2. The summed E-state index contributed by atoms with van der Waals surface area (Å²) < 4.78 is 13.4. The Kier molecular flexibility index (Phi) is 8.47. The summed E-state index contributed by atoms with van der Waals surface area (Å²) in [7, 11) is 0. The maximum atomic E-state index is 11.5. The van der Waals surface area contributed by atoms with E-state index in [-0.39, 0.29) is 12.2 Å². The largest absolute Gasteiger partial charge is 0.478 e. The van der Waals surface area contributed by atoms with E-state index in [1.165, 1.54) is 0 Å². The van der Waals surface area contributed by atoms with Crippen molar-refractivity contribution in [3.63, 3.8) is 0 Å². The lowest BCUT2D eigenvalue weighted by Crippen LogP contribution is -2.09. The number of benzene rings is 3. The Morgan fingerprint density at radius 1 is 1.02 bits per heavy atom. The molecule has 222 valence electrons. The van der Waals surface area contributed by atoms with Gasteiger partial charge in [-0.25, -0.2) is 9.78 Å². The number of tetrazole rings is 1. The molecule has 0 aliphatic rings. The second-order valence-corrected chi connectivity index (χ2v) is 11.3. The van der Waals surface area contributed by atoms with Gasteiger partial charge in [-0.1, -0.05) is 55.8 Å². The van der Waals surface area contributed by atoms with Gasteiger partial charge in [-0.15, -0.1) is 10.2 Å². The summed E-state index contributed by atoms with van der Waals surface area (Å²) in [5.41, 5.74) is 6.20. The van der Waals surface area contributed by atoms with Crippen LogP contribution in [0.15, 0.2) is 75.6 Å². The monoisotopic (exact) mass is 652 g/mol. The zero-order valence-corrected chi connectivity index (χ0v) is 25.8. The molecule has 44 heavy (non-hydrogen) atoms. The van der Waals surface area contributed by atoms with Gasteiger partial charge in [0.1, 0.15) is 23.8 Å². The van der Waals surface area contributed by atoms with Crippen molar-refractivity contribution in [3.05, 3.63) is 105 Å². The lowest BCUT2D eigenvalue weighted by molar-refractivity contribution is 0.0696. The van der Waals surface area contributed by atoms with Crippen LogP contribution in [-0.2, 0) is 19.4 Å². The van der Waals surface area contributed by atoms with Gasteiger partial charge in [0, 0.05) is 40.6 Å². The maximum absolute atomic E-state index is 11.5. The summed E-state index contributed by atoms with van der Waals surface area (Å²) in [4.78, 5) is 21.1. The Bertz CT molecular complexity index is 1940. The Balaban J connectivity index is 1.26. The number of ether oxygens (including phenoxy) is 1. The molecule has 3 aromatic carbocycles. The summed E-state index contributed by atoms with van der Waals surface area (Å²) >= 11 is 3.75. The van der Waals surface area contributed by atoms with Crippen molar-refractivity contribution >= 4 is 32.9 Å². The number of aromatic carboxylic acids is 1. The van der Waals surface area contributed by atoms with E-state index in [0.717, 1.165) is 79.8 Å². The van der Waals surface area contributed by atoms with Gasteiger partial charge in [-0.3, -0.25) is 0 Å². The quantitative estimate of drug-likeness (QED) is 0.147. The highest BCUT2D eigenvalue weighted by Gasteiger charge is 2.18. The summed E-state index contributed by atoms with van der Waals surface area (Å²) in [6.45, 7) is 4.37. The van der Waals surface area contributed by atoms with Crippen LogP contribution in [-0.4, -0.2) is 41.7 Å². The molecular formula is C33H29BrN6O4. The molecule has 3 heterocycles. The third-order valence-electron chi connectivity index (χ3n) is 7.35. The molecule has 6 aromatic rings. The fourth-order valence-corrected chi connectivity index (χ4v) is 5.63. The molecule has 0 atom stereocenters. The molecule has 0 aliphatic carbocycles. The van der Waals surface area contributed by atoms with Crippen molar-refractivity contribution in [1.82, 2.24) is 30.6 Å². The average Bonchev–Trinajstić information content (AvgIpc) is 3.69. The van der Waals surface area contributed by atoms with E-state index in [2.05, 4.69) is 43.5 Å². The van der Waals surface area contributed by atoms with Crippen LogP contribution in [0.25, 0.3) is 33.7 Å². The van der Waals surface area contributed by atoms with E-state index in [9.17, 15) is 9.90 Å². The van der Waals surface area contributed by atoms with Gasteiger partial charge in [0.25, 0.3) is 0 Å². The van der Waals surface area contributed by atoms with Crippen molar-refractivity contribution in [2.75, 3.05) is 0 Å². The number of fused-ring (bicyclic) bond motifs is 1. The van der Waals surface area contributed by atoms with E-state index < -0.39 is 5.97 Å². The van der Waals surface area contributed by atoms with Crippen molar-refractivity contribution < 1.29 is 19.1 Å². The van der Waals surface area contributed by atoms with Crippen LogP contribution in [0.5, 0.6) is 5.88 Å². The first-order valence-electron chi connectivity index (χ1n) is 14.3. The molecule has 0 unspecified atom stereocenters. The molecule has 11 heteroatoms. The van der Waals surface area contributed by atoms with Crippen LogP contribution in [0.3, 0.4) is 0 Å². The number of H-pyrrole nitrogens is 1. The molecule has 3 aromatic heterocycles. The fraction of sp³-hybridized carbons (Fsp3) is 0.212. The number of furan rings is 1. The minimum atomic E-state index is -0.962. The molecular weight excluding hydrogens is 624 g/mol. The van der Waals surface area contributed by atoms with Gasteiger partial charge >= 0.3 is 5.97 Å².